The fraction of sp³-hybridized carbons (Fsp3) is 0.353. The molecular formula is C17H16Cl2N4O4S2. The molecular weight excluding hydrogens is 459 g/mol. The summed E-state index contributed by atoms with van der Waals surface area (Å²) in [6, 6.07) is 2.64. The highest BCUT2D eigenvalue weighted by Gasteiger charge is 2.30. The van der Waals surface area contributed by atoms with Gasteiger partial charge in [-0.25, -0.2) is 13.1 Å². The molecule has 1 aromatic carbocycles. The summed E-state index contributed by atoms with van der Waals surface area (Å²) in [5, 5.41) is 11.7. The maximum absolute atomic E-state index is 13.0. The van der Waals surface area contributed by atoms with Gasteiger partial charge in [0.25, 0.3) is 0 Å². The Morgan fingerprint density at radius 2 is 2.00 bits per heavy atom. The third kappa shape index (κ3) is 4.55. The van der Waals surface area contributed by atoms with Crippen LogP contribution in [0.2, 0.25) is 5.02 Å². The average molecular weight is 475 g/mol. The van der Waals surface area contributed by atoms with E-state index in [9.17, 15) is 18.0 Å². The van der Waals surface area contributed by atoms with E-state index in [0.717, 1.165) is 6.26 Å². The van der Waals surface area contributed by atoms with Crippen LogP contribution >= 0.6 is 35.0 Å². The van der Waals surface area contributed by atoms with E-state index in [1.165, 1.54) is 28.6 Å². The van der Waals surface area contributed by atoms with Crippen LogP contribution in [0.5, 0.6) is 0 Å². The molecule has 1 aliphatic carbocycles. The summed E-state index contributed by atoms with van der Waals surface area (Å²) in [6.45, 7) is 0. The molecule has 0 radical (unpaired) electrons. The second-order valence-electron chi connectivity index (χ2n) is 6.44. The summed E-state index contributed by atoms with van der Waals surface area (Å²) in [6.07, 6.45) is 2.32. The number of rotatable bonds is 6. The van der Waals surface area contributed by atoms with E-state index < -0.39 is 15.6 Å². The fourth-order valence-electron chi connectivity index (χ4n) is 2.93. The normalized spacial score (nSPS) is 15.1. The van der Waals surface area contributed by atoms with Gasteiger partial charge in [-0.15, -0.1) is 5.10 Å². The molecule has 1 aromatic heterocycles. The predicted molar refractivity (Wildman–Crippen MR) is 109 cm³/mol. The summed E-state index contributed by atoms with van der Waals surface area (Å²) in [5.41, 5.74) is 0.199. The zero-order valence-corrected chi connectivity index (χ0v) is 18.6. The number of carbonyl (C=O) groups excluding carboxylic acids is 2. The molecule has 0 saturated heterocycles. The van der Waals surface area contributed by atoms with Gasteiger partial charge in [0, 0.05) is 41.6 Å². The Kier molecular flexibility index (Phi) is 6.47. The van der Waals surface area contributed by atoms with Crippen LogP contribution in [0.15, 0.2) is 32.8 Å². The molecule has 1 heterocycles. The first-order valence-electron chi connectivity index (χ1n) is 8.44. The minimum atomic E-state index is -3.62. The lowest BCUT2D eigenvalue weighted by Gasteiger charge is -2.17. The molecule has 12 heteroatoms. The van der Waals surface area contributed by atoms with Gasteiger partial charge in [-0.2, -0.15) is 0 Å². The number of benzene rings is 1. The number of sulfone groups is 1. The van der Waals surface area contributed by atoms with Gasteiger partial charge in [-0.05, 0) is 35.4 Å². The Bertz CT molecular complexity index is 1140. The van der Waals surface area contributed by atoms with E-state index in [1.807, 2.05) is 0 Å². The molecule has 0 aliphatic heterocycles. The smallest absolute Gasteiger partial charge is 0.209 e. The summed E-state index contributed by atoms with van der Waals surface area (Å²) in [4.78, 5) is 25.2. The Morgan fingerprint density at radius 1 is 1.28 bits per heavy atom. The number of allylic oxidation sites excluding steroid dienone is 2. The Balaban J connectivity index is 2.07. The van der Waals surface area contributed by atoms with E-state index >= 15 is 0 Å². The number of Topliss-reactive ketones (excluding diaryl/α,β-unsaturated/α-hetero) is 2. The van der Waals surface area contributed by atoms with Crippen LogP contribution in [0.4, 0.5) is 0 Å². The van der Waals surface area contributed by atoms with Gasteiger partial charge in [-0.3, -0.25) is 9.59 Å². The molecule has 1 aliphatic rings. The minimum Gasteiger partial charge on any atom is -0.294 e. The van der Waals surface area contributed by atoms with Gasteiger partial charge in [0.2, 0.25) is 5.16 Å². The highest BCUT2D eigenvalue weighted by atomic mass is 35.5. The molecule has 154 valence electrons. The van der Waals surface area contributed by atoms with Crippen molar-refractivity contribution in [1.29, 1.82) is 0 Å². The Hall–Kier alpha value is -1.75. The molecule has 0 fully saturated rings. The maximum atomic E-state index is 13.0. The minimum absolute atomic E-state index is 0.00303. The number of tetrazole rings is 1. The lowest BCUT2D eigenvalue weighted by atomic mass is 9.91. The largest absolute Gasteiger partial charge is 0.294 e. The first-order chi connectivity index (χ1) is 13.6. The van der Waals surface area contributed by atoms with E-state index in [2.05, 4.69) is 15.5 Å². The molecule has 0 amide bonds. The quantitative estimate of drug-likeness (QED) is 0.356. The number of nitrogens with zero attached hydrogens (tertiary/aromatic N) is 4. The fourth-order valence-corrected chi connectivity index (χ4v) is 5.63. The molecule has 0 bridgehead atoms. The van der Waals surface area contributed by atoms with Crippen molar-refractivity contribution in [3.8, 4) is 0 Å². The zero-order valence-electron chi connectivity index (χ0n) is 15.5. The van der Waals surface area contributed by atoms with Gasteiger partial charge in [-0.1, -0.05) is 35.0 Å². The third-order valence-electron chi connectivity index (χ3n) is 4.35. The lowest BCUT2D eigenvalue weighted by Crippen LogP contribution is -2.19. The van der Waals surface area contributed by atoms with Crippen LogP contribution in [0.25, 0.3) is 0 Å². The number of hydrogen-bond acceptors (Lipinski definition) is 8. The van der Waals surface area contributed by atoms with E-state index in [0.29, 0.717) is 18.0 Å². The SMILES string of the molecule is Cn1nnnc1SCc1c(S(C)(=O)=O)ccc(C(=O)C2=C(Cl)CCCC2=O)c1Cl. The van der Waals surface area contributed by atoms with Crippen LogP contribution in [-0.4, -0.2) is 46.4 Å². The van der Waals surface area contributed by atoms with Crippen molar-refractivity contribution in [1.82, 2.24) is 20.2 Å². The number of ketones is 2. The molecule has 0 saturated carbocycles. The van der Waals surface area contributed by atoms with Gasteiger partial charge in [0.15, 0.2) is 21.4 Å². The molecule has 3 rings (SSSR count). The standard InChI is InChI=1S/C17H16Cl2N4O4S2/c1-23-17(20-21-22-23)28-8-10-13(29(2,26)27)7-6-9(15(10)19)16(25)14-11(18)4-3-5-12(14)24/h6-7H,3-5,8H2,1-2H3. The van der Waals surface area contributed by atoms with Crippen molar-refractivity contribution in [3.63, 3.8) is 0 Å². The van der Waals surface area contributed by atoms with Crippen LogP contribution in [0.3, 0.4) is 0 Å². The van der Waals surface area contributed by atoms with Crippen LogP contribution < -0.4 is 0 Å². The zero-order chi connectivity index (χ0) is 21.3. The van der Waals surface area contributed by atoms with Crippen molar-refractivity contribution < 1.29 is 18.0 Å². The van der Waals surface area contributed by atoms with Gasteiger partial charge < -0.3 is 0 Å². The Labute approximate surface area is 181 Å². The second-order valence-corrected chi connectivity index (χ2v) is 10.2. The highest BCUT2D eigenvalue weighted by molar-refractivity contribution is 7.98. The van der Waals surface area contributed by atoms with Crippen molar-refractivity contribution in [3.05, 3.63) is 38.9 Å². The monoisotopic (exact) mass is 474 g/mol. The van der Waals surface area contributed by atoms with Gasteiger partial charge in [0.1, 0.15) is 0 Å². The van der Waals surface area contributed by atoms with Crippen molar-refractivity contribution in [2.75, 3.05) is 6.26 Å². The molecule has 0 atom stereocenters. The first-order valence-corrected chi connectivity index (χ1v) is 12.1. The molecule has 2 aromatic rings. The van der Waals surface area contributed by atoms with Crippen molar-refractivity contribution >= 4 is 56.4 Å². The summed E-state index contributed by atoms with van der Waals surface area (Å²) in [5.74, 6) is -0.830. The lowest BCUT2D eigenvalue weighted by molar-refractivity contribution is -0.115. The van der Waals surface area contributed by atoms with Crippen molar-refractivity contribution in [2.45, 2.75) is 35.1 Å². The molecule has 0 unspecified atom stereocenters. The molecule has 8 nitrogen and oxygen atoms in total. The first kappa shape index (κ1) is 21.9. The van der Waals surface area contributed by atoms with Crippen LogP contribution in [0, 0.1) is 0 Å². The van der Waals surface area contributed by atoms with Crippen molar-refractivity contribution in [2.24, 2.45) is 7.05 Å². The summed E-state index contributed by atoms with van der Waals surface area (Å²) in [7, 11) is -1.98. The molecule has 29 heavy (non-hydrogen) atoms. The Morgan fingerprint density at radius 3 is 2.59 bits per heavy atom. The topological polar surface area (TPSA) is 112 Å². The van der Waals surface area contributed by atoms with Gasteiger partial charge >= 0.3 is 0 Å². The third-order valence-corrected chi connectivity index (χ3v) is 7.38. The van der Waals surface area contributed by atoms with E-state index in [1.54, 1.807) is 7.05 Å². The van der Waals surface area contributed by atoms with Crippen LogP contribution in [0.1, 0.15) is 35.2 Å². The predicted octanol–water partition coefficient (Wildman–Crippen LogP) is 2.99. The second kappa shape index (κ2) is 8.55. The number of halogens is 2. The van der Waals surface area contributed by atoms with Crippen LogP contribution in [-0.2, 0) is 27.4 Å². The number of aryl methyl sites for hydroxylation is 1. The maximum Gasteiger partial charge on any atom is 0.209 e. The van der Waals surface area contributed by atoms with E-state index in [4.69, 9.17) is 23.2 Å². The highest BCUT2D eigenvalue weighted by Crippen LogP contribution is 2.35. The van der Waals surface area contributed by atoms with E-state index in [-0.39, 0.29) is 49.6 Å². The number of thioether (sulfide) groups is 1. The summed E-state index contributed by atoms with van der Waals surface area (Å²) < 4.78 is 25.9. The molecule has 0 N–H and O–H groups in total. The van der Waals surface area contributed by atoms with Gasteiger partial charge in [0.05, 0.1) is 15.5 Å². The molecule has 0 spiro atoms. The number of aromatic nitrogens is 4. The number of carbonyl (C=O) groups is 2. The number of hydrogen-bond donors (Lipinski definition) is 0. The average Bonchev–Trinajstić information content (AvgIpc) is 3.04. The summed E-state index contributed by atoms with van der Waals surface area (Å²) >= 11 is 13.8.